The monoisotopic (exact) mass is 597 g/mol. The largest absolute Gasteiger partial charge is 0.508 e. The Labute approximate surface area is 251 Å². The molecule has 0 saturated carbocycles. The molecule has 224 valence electrons. The van der Waals surface area contributed by atoms with Crippen LogP contribution in [0.5, 0.6) is 11.8 Å². The molecule has 0 amide bonds. The van der Waals surface area contributed by atoms with Gasteiger partial charge in [0.25, 0.3) is 5.56 Å². The van der Waals surface area contributed by atoms with E-state index in [-0.39, 0.29) is 63.9 Å². The second kappa shape index (κ2) is 9.81. The predicted molar refractivity (Wildman–Crippen MR) is 155 cm³/mol. The summed E-state index contributed by atoms with van der Waals surface area (Å²) in [5.74, 6) is -2.40. The van der Waals surface area contributed by atoms with Crippen LogP contribution in [0.3, 0.4) is 0 Å². The van der Waals surface area contributed by atoms with Gasteiger partial charge in [-0.3, -0.25) is 14.3 Å². The summed E-state index contributed by atoms with van der Waals surface area (Å²) in [7, 11) is 0. The van der Waals surface area contributed by atoms with Crippen molar-refractivity contribution in [1.29, 1.82) is 0 Å². The first-order valence-electron chi connectivity index (χ1n) is 16.8. The maximum atomic E-state index is 15.2. The molecule has 0 aliphatic carbocycles. The van der Waals surface area contributed by atoms with Gasteiger partial charge in [0.1, 0.15) is 29.8 Å². The van der Waals surface area contributed by atoms with Crippen LogP contribution in [0.15, 0.2) is 41.3 Å². The predicted octanol–water partition coefficient (Wildman–Crippen LogP) is 3.81. The zero-order valence-electron chi connectivity index (χ0n) is 27.9. The second-order valence-electron chi connectivity index (χ2n) is 11.7. The minimum Gasteiger partial charge on any atom is -0.508 e. The maximum Gasteiger partial charge on any atom is 0.319 e. The highest BCUT2D eigenvalue weighted by Crippen LogP contribution is 2.40. The van der Waals surface area contributed by atoms with E-state index in [2.05, 4.69) is 15.3 Å². The van der Waals surface area contributed by atoms with Gasteiger partial charge in [0.05, 0.1) is 20.7 Å². The molecule has 4 aliphatic rings. The Hall–Kier alpha value is -3.90. The van der Waals surface area contributed by atoms with E-state index in [4.69, 9.17) is 11.6 Å². The van der Waals surface area contributed by atoms with Gasteiger partial charge in [-0.05, 0) is 55.8 Å². The summed E-state index contributed by atoms with van der Waals surface area (Å²) in [4.78, 5) is 26.1. The van der Waals surface area contributed by atoms with Crippen LogP contribution in [0.1, 0.15) is 39.0 Å². The Morgan fingerprint density at radius 2 is 2.00 bits per heavy atom. The first-order chi connectivity index (χ1) is 22.6. The van der Waals surface area contributed by atoms with Crippen LogP contribution in [0.2, 0.25) is 0 Å². The van der Waals surface area contributed by atoms with E-state index in [1.165, 1.54) is 24.4 Å². The Kier molecular flexibility index (Phi) is 4.96. The average Bonchev–Trinajstić information content (AvgIpc) is 3.61. The number of aromatic nitrogens is 3. The standard InChI is InChI=1S/C31H31F3N6O3/c32-18-12-31(7-1-8-39(31)13-18)16-43-30-36-27-22(28(37-30)38-14-19-3-4-20(15-38)35-19)6-9-40(29(27)42)24-11-21(41)10-17-2-5-23(33)26(34)25(17)24/h2,5-6,9-11,18-20,35,41H,1,3-4,7-8,12-16H2/t18-,19-,20+,31+/m1/s1/i8D2,16D2,18D. The molecule has 2 N–H and O–H groups in total. The minimum atomic E-state index is -2.81. The Morgan fingerprint density at radius 3 is 2.81 bits per heavy atom. The van der Waals surface area contributed by atoms with Crippen LogP contribution < -0.4 is 20.5 Å². The summed E-state index contributed by atoms with van der Waals surface area (Å²) < 4.78 is 94.4. The average molecular weight is 598 g/mol. The number of piperazine rings is 1. The third-order valence-electron chi connectivity index (χ3n) is 8.97. The quantitative estimate of drug-likeness (QED) is 0.359. The highest BCUT2D eigenvalue weighted by atomic mass is 19.2. The molecule has 6 heterocycles. The summed E-state index contributed by atoms with van der Waals surface area (Å²) in [6, 6.07) is 5.79. The first-order valence-corrected chi connectivity index (χ1v) is 14.3. The molecule has 2 bridgehead atoms. The van der Waals surface area contributed by atoms with E-state index in [0.717, 1.165) is 34.4 Å². The zero-order valence-corrected chi connectivity index (χ0v) is 22.9. The molecule has 12 heteroatoms. The molecule has 4 fully saturated rings. The molecule has 0 radical (unpaired) electrons. The molecular weight excluding hydrogens is 561 g/mol. The Morgan fingerprint density at radius 1 is 1.19 bits per heavy atom. The smallest absolute Gasteiger partial charge is 0.319 e. The van der Waals surface area contributed by atoms with E-state index >= 15 is 8.78 Å². The van der Waals surface area contributed by atoms with E-state index < -0.39 is 60.9 Å². The number of pyridine rings is 1. The number of nitrogens with one attached hydrogen (secondary N) is 1. The minimum absolute atomic E-state index is 0.112. The number of ether oxygens (including phenoxy) is 1. The molecule has 9 nitrogen and oxygen atoms in total. The lowest BCUT2D eigenvalue weighted by molar-refractivity contribution is 0.107. The van der Waals surface area contributed by atoms with Gasteiger partial charge in [-0.2, -0.15) is 9.97 Å². The van der Waals surface area contributed by atoms with Gasteiger partial charge in [0, 0.05) is 58.5 Å². The molecular formula is C31H31F3N6O3. The molecule has 0 unspecified atom stereocenters. The van der Waals surface area contributed by atoms with Crippen molar-refractivity contribution in [3.8, 4) is 17.4 Å². The SMILES string of the molecule is [2H]C1([2H])CC[C@@]2(C([2H])([2H])Oc3nc(N4C[C@H]5CC[C@@H](C4)N5)c4ccn(-c5cc(O)cc6ccc(F)c(F)c56)c(=O)c4n3)C[C@@]([2H])(F)CN12. The Bertz CT molecular complexity index is 2060. The van der Waals surface area contributed by atoms with Gasteiger partial charge < -0.3 is 20.1 Å². The van der Waals surface area contributed by atoms with E-state index in [0.29, 0.717) is 13.1 Å². The summed E-state index contributed by atoms with van der Waals surface area (Å²) >= 11 is 0. The summed E-state index contributed by atoms with van der Waals surface area (Å²) in [6.45, 7) is -4.53. The lowest BCUT2D eigenvalue weighted by Crippen LogP contribution is -2.51. The highest BCUT2D eigenvalue weighted by molar-refractivity contribution is 5.94. The lowest BCUT2D eigenvalue weighted by Gasteiger charge is -2.34. The van der Waals surface area contributed by atoms with Crippen LogP contribution in [0.25, 0.3) is 27.4 Å². The zero-order chi connectivity index (χ0) is 34.0. The van der Waals surface area contributed by atoms with Gasteiger partial charge in [-0.15, -0.1) is 0 Å². The topological polar surface area (TPSA) is 95.8 Å². The van der Waals surface area contributed by atoms with E-state index in [1.54, 1.807) is 0 Å². The fourth-order valence-corrected chi connectivity index (χ4v) is 6.98. The fourth-order valence-electron chi connectivity index (χ4n) is 6.98. The van der Waals surface area contributed by atoms with Crippen molar-refractivity contribution in [1.82, 2.24) is 24.8 Å². The number of benzene rings is 2. The molecule has 4 aromatic rings. The normalized spacial score (nSPS) is 31.9. The molecule has 8 rings (SSSR count). The van der Waals surface area contributed by atoms with Crippen LogP contribution in [0.4, 0.5) is 19.0 Å². The molecule has 4 atom stereocenters. The van der Waals surface area contributed by atoms with Crippen molar-refractivity contribution in [3.63, 3.8) is 0 Å². The number of hydrogen-bond acceptors (Lipinski definition) is 8. The van der Waals surface area contributed by atoms with Crippen molar-refractivity contribution in [2.45, 2.75) is 55.9 Å². The van der Waals surface area contributed by atoms with Gasteiger partial charge in [0.2, 0.25) is 0 Å². The van der Waals surface area contributed by atoms with Crippen molar-refractivity contribution in [2.75, 3.05) is 37.6 Å². The van der Waals surface area contributed by atoms with Gasteiger partial charge >= 0.3 is 6.01 Å². The molecule has 4 saturated heterocycles. The van der Waals surface area contributed by atoms with Crippen LogP contribution in [0, 0.1) is 11.6 Å². The number of phenols is 1. The second-order valence-corrected chi connectivity index (χ2v) is 11.7. The summed E-state index contributed by atoms with van der Waals surface area (Å²) in [6.07, 6.45) is -0.350. The Balaban J connectivity index is 1.30. The third kappa shape index (κ3) is 4.33. The van der Waals surface area contributed by atoms with Crippen molar-refractivity contribution >= 4 is 27.5 Å². The van der Waals surface area contributed by atoms with Gasteiger partial charge in [-0.25, -0.2) is 13.2 Å². The number of halogens is 3. The van der Waals surface area contributed by atoms with Crippen LogP contribution in [-0.4, -0.2) is 81.0 Å². The lowest BCUT2D eigenvalue weighted by atomic mass is 9.95. The number of hydrogen-bond donors (Lipinski definition) is 2. The molecule has 4 aliphatic heterocycles. The number of nitrogens with zero attached hydrogens (tertiary/aromatic N) is 5. The van der Waals surface area contributed by atoms with E-state index in [9.17, 15) is 14.3 Å². The number of aromatic hydroxyl groups is 1. The number of fused-ring (bicyclic) bond motifs is 5. The number of alkyl halides is 1. The highest BCUT2D eigenvalue weighted by Gasteiger charge is 2.49. The van der Waals surface area contributed by atoms with Crippen LogP contribution in [-0.2, 0) is 0 Å². The summed E-state index contributed by atoms with van der Waals surface area (Å²) in [5, 5.41) is 14.1. The molecule has 0 spiro atoms. The molecule has 43 heavy (non-hydrogen) atoms. The van der Waals surface area contributed by atoms with Gasteiger partial charge in [-0.1, -0.05) is 6.07 Å². The van der Waals surface area contributed by atoms with Crippen LogP contribution >= 0.6 is 0 Å². The molecule has 2 aromatic heterocycles. The first kappa shape index (κ1) is 21.7. The van der Waals surface area contributed by atoms with Crippen molar-refractivity contribution in [3.05, 3.63) is 58.5 Å². The molecule has 2 aromatic carbocycles. The van der Waals surface area contributed by atoms with Crippen molar-refractivity contribution < 1.29 is 29.9 Å². The fraction of sp³-hybridized carbons (Fsp3) is 0.452. The third-order valence-corrected chi connectivity index (χ3v) is 8.97. The van der Waals surface area contributed by atoms with Gasteiger partial charge in [0.15, 0.2) is 11.6 Å². The number of anilines is 1. The maximum absolute atomic E-state index is 15.2. The number of phenolic OH excluding ortho intramolecular Hbond substituents is 1. The summed E-state index contributed by atoms with van der Waals surface area (Å²) in [5.41, 5.74) is -3.08. The van der Waals surface area contributed by atoms with E-state index in [1.807, 2.05) is 4.90 Å². The van der Waals surface area contributed by atoms with Crippen molar-refractivity contribution in [2.24, 2.45) is 0 Å². The number of rotatable bonds is 5.